The largest absolute Gasteiger partial charge is 0.331 e. The van der Waals surface area contributed by atoms with Crippen LogP contribution < -0.4 is 5.34 Å². The van der Waals surface area contributed by atoms with E-state index >= 15 is 0 Å². The summed E-state index contributed by atoms with van der Waals surface area (Å²) < 4.78 is 0. The van der Waals surface area contributed by atoms with E-state index in [1.54, 1.807) is 11.2 Å². The quantitative estimate of drug-likeness (QED) is 0.345. The van der Waals surface area contributed by atoms with E-state index in [9.17, 15) is 0 Å². The maximum Gasteiger partial charge on any atom is 0.208 e. The van der Waals surface area contributed by atoms with E-state index < -0.39 is 0 Å². The van der Waals surface area contributed by atoms with Crippen LogP contribution in [0, 0.1) is 0 Å². The fraction of sp³-hybridized carbons (Fsp3) is 0.333. The summed E-state index contributed by atoms with van der Waals surface area (Å²) in [5, 5.41) is 4.59. The zero-order chi connectivity index (χ0) is 4.99. The van der Waals surface area contributed by atoms with E-state index in [0.717, 1.165) is 0 Å². The summed E-state index contributed by atoms with van der Waals surface area (Å²) in [6.45, 7) is 3.49. The van der Waals surface area contributed by atoms with Gasteiger partial charge in [-0.15, -0.1) is 0 Å². The predicted octanol–water partition coefficient (Wildman–Crippen LogP) is -0.886. The molecule has 34 valence electrons. The number of hydrazine groups is 1. The first-order chi connectivity index (χ1) is 2.81. The third-order valence-electron chi connectivity index (χ3n) is 0.627. The molecule has 0 saturated carbocycles. The Balaban J connectivity index is 2.96. The number of nitrogens with zero attached hydrogens (tertiary/aromatic N) is 1. The van der Waals surface area contributed by atoms with Crippen molar-refractivity contribution in [2.45, 2.75) is 0 Å². The molecule has 0 aliphatic carbocycles. The third-order valence-corrected chi connectivity index (χ3v) is 0.627. The molecular weight excluding hydrogens is 74.9 g/mol. The van der Waals surface area contributed by atoms with Crippen molar-refractivity contribution in [3.8, 4) is 0 Å². The van der Waals surface area contributed by atoms with Gasteiger partial charge >= 0.3 is 0 Å². The normalized spacial score (nSPS) is 7.50. The van der Waals surface area contributed by atoms with Gasteiger partial charge in [0.25, 0.3) is 0 Å². The monoisotopic (exact) mass is 84.1 g/mol. The van der Waals surface area contributed by atoms with Gasteiger partial charge in [-0.3, -0.25) is 5.34 Å². The van der Waals surface area contributed by atoms with E-state index in [0.29, 0.717) is 0 Å². The average molecular weight is 83.9 g/mol. The summed E-state index contributed by atoms with van der Waals surface area (Å²) in [7, 11) is 3.72. The van der Waals surface area contributed by atoms with Crippen LogP contribution >= 0.6 is 0 Å². The highest BCUT2D eigenvalue weighted by Gasteiger charge is 1.71. The molecule has 1 N–H and O–H groups in total. The van der Waals surface area contributed by atoms with Crippen molar-refractivity contribution < 1.29 is 0 Å². The van der Waals surface area contributed by atoms with Crippen molar-refractivity contribution in [3.05, 3.63) is 12.8 Å². The lowest BCUT2D eigenvalue weighted by Gasteiger charge is -2.08. The Kier molecular flexibility index (Phi) is 2.58. The Hall–Kier alpha value is -0.435. The lowest BCUT2D eigenvalue weighted by molar-refractivity contribution is 0.427. The molecule has 0 aromatic rings. The topological polar surface area (TPSA) is 15.3 Å². The maximum atomic E-state index is 3.49. The summed E-state index contributed by atoms with van der Waals surface area (Å²) in [6, 6.07) is 0. The van der Waals surface area contributed by atoms with Gasteiger partial charge in [-0.05, 0) is 0 Å². The molecule has 0 spiro atoms. The van der Waals surface area contributed by atoms with Crippen molar-refractivity contribution in [3.63, 3.8) is 0 Å². The van der Waals surface area contributed by atoms with Gasteiger partial charge in [-0.2, -0.15) is 0 Å². The fourth-order valence-electron chi connectivity index (χ4n) is 0.0913. The van der Waals surface area contributed by atoms with Crippen LogP contribution in [0.5, 0.6) is 0 Å². The molecule has 0 rings (SSSR count). The lowest BCUT2D eigenvalue weighted by Crippen LogP contribution is -2.25. The molecule has 0 aromatic carbocycles. The van der Waals surface area contributed by atoms with Crippen molar-refractivity contribution in [1.29, 1.82) is 0 Å². The smallest absolute Gasteiger partial charge is 0.208 e. The summed E-state index contributed by atoms with van der Waals surface area (Å²) in [6.07, 6.45) is 1.69. The molecule has 0 radical (unpaired) electrons. The molecule has 0 aliphatic heterocycles. The van der Waals surface area contributed by atoms with E-state index in [-0.39, 0.29) is 0 Å². The fourth-order valence-corrected chi connectivity index (χ4v) is 0.0913. The molecule has 0 saturated heterocycles. The van der Waals surface area contributed by atoms with Crippen LogP contribution in [0.2, 0.25) is 0 Å². The van der Waals surface area contributed by atoms with Gasteiger partial charge in [0.15, 0.2) is 0 Å². The van der Waals surface area contributed by atoms with Gasteiger partial charge in [0.1, 0.15) is 0 Å². The molecule has 0 aromatic heterocycles. The van der Waals surface area contributed by atoms with Crippen molar-refractivity contribution in [2.24, 2.45) is 0 Å². The molecule has 0 amide bonds. The van der Waals surface area contributed by atoms with Crippen LogP contribution in [0.15, 0.2) is 12.8 Å². The third kappa shape index (κ3) is 1.85. The number of hydrogen-bond acceptors (Lipinski definition) is 2. The van der Waals surface area contributed by atoms with Gasteiger partial charge < -0.3 is 5.01 Å². The molecule has 3 heteroatoms. The summed E-state index contributed by atoms with van der Waals surface area (Å²) in [5.74, 6) is 0. The molecule has 0 unspecified atom stereocenters. The van der Waals surface area contributed by atoms with Crippen LogP contribution in [0.25, 0.3) is 0 Å². The molecule has 6 heavy (non-hydrogen) atoms. The average Bonchev–Trinajstić information content (AvgIpc) is 1.65. The zero-order valence-electron chi connectivity index (χ0n) is 4.23. The van der Waals surface area contributed by atoms with Crippen LogP contribution in [0.3, 0.4) is 0 Å². The van der Waals surface area contributed by atoms with Gasteiger partial charge in [-0.1, -0.05) is 6.58 Å². The molecule has 0 aliphatic rings. The lowest BCUT2D eigenvalue weighted by atomic mass is 10.5. The Morgan fingerprint density at radius 3 is 2.50 bits per heavy atom. The highest BCUT2D eigenvalue weighted by molar-refractivity contribution is 6.03. The van der Waals surface area contributed by atoms with Crippen LogP contribution in [-0.2, 0) is 0 Å². The van der Waals surface area contributed by atoms with Crippen LogP contribution in [0.4, 0.5) is 0 Å². The molecule has 0 fully saturated rings. The number of rotatable bonds is 2. The second kappa shape index (κ2) is 2.78. The van der Waals surface area contributed by atoms with Gasteiger partial charge in [0.2, 0.25) is 7.98 Å². The molecule has 2 nitrogen and oxygen atoms in total. The van der Waals surface area contributed by atoms with E-state index in [1.807, 2.05) is 15.0 Å². The number of hydrogen-bond donors (Lipinski definition) is 1. The SMILES string of the molecule is BNN(C)C=C. The van der Waals surface area contributed by atoms with Gasteiger partial charge in [-0.25, -0.2) is 0 Å². The second-order valence-electron chi connectivity index (χ2n) is 1.02. The Morgan fingerprint density at radius 1 is 2.00 bits per heavy atom. The maximum absolute atomic E-state index is 3.49. The first kappa shape index (κ1) is 5.56. The first-order valence-electron chi connectivity index (χ1n) is 1.84. The molecule has 0 bridgehead atoms. The minimum atomic E-state index is 1.69. The second-order valence-corrected chi connectivity index (χ2v) is 1.02. The predicted molar refractivity (Wildman–Crippen MR) is 29.6 cm³/mol. The highest BCUT2D eigenvalue weighted by atomic mass is 15.4. The zero-order valence-corrected chi connectivity index (χ0v) is 4.23. The Bertz CT molecular complexity index is 46.1. The summed E-state index contributed by atoms with van der Waals surface area (Å²) in [4.78, 5) is 0. The van der Waals surface area contributed by atoms with Crippen LogP contribution in [-0.4, -0.2) is 20.0 Å². The minimum Gasteiger partial charge on any atom is -0.331 e. The van der Waals surface area contributed by atoms with E-state index in [4.69, 9.17) is 0 Å². The van der Waals surface area contributed by atoms with E-state index in [2.05, 4.69) is 11.9 Å². The first-order valence-corrected chi connectivity index (χ1v) is 1.84. The number of nitrogens with one attached hydrogen (secondary N) is 1. The van der Waals surface area contributed by atoms with Crippen LogP contribution in [0.1, 0.15) is 0 Å². The van der Waals surface area contributed by atoms with Gasteiger partial charge in [0.05, 0.1) is 0 Å². The standard InChI is InChI=1S/C3H9BN2/c1-3-6(2)5-4/h3,5H,1,4H2,2H3. The minimum absolute atomic E-state index is 1.69. The van der Waals surface area contributed by atoms with E-state index in [1.165, 1.54) is 0 Å². The molecule has 0 heterocycles. The Labute approximate surface area is 39.2 Å². The van der Waals surface area contributed by atoms with Crippen molar-refractivity contribution >= 4 is 7.98 Å². The van der Waals surface area contributed by atoms with Gasteiger partial charge in [0, 0.05) is 13.2 Å². The van der Waals surface area contributed by atoms with Crippen molar-refractivity contribution in [1.82, 2.24) is 10.3 Å². The molecular formula is C3H9BN2. The molecule has 0 atom stereocenters. The Morgan fingerprint density at radius 2 is 2.50 bits per heavy atom. The van der Waals surface area contributed by atoms with Crippen molar-refractivity contribution in [2.75, 3.05) is 7.05 Å². The summed E-state index contributed by atoms with van der Waals surface area (Å²) >= 11 is 0. The summed E-state index contributed by atoms with van der Waals surface area (Å²) in [5.41, 5.74) is 0. The highest BCUT2D eigenvalue weighted by Crippen LogP contribution is 1.64.